The highest BCUT2D eigenvalue weighted by molar-refractivity contribution is 5.62. The van der Waals surface area contributed by atoms with Crippen molar-refractivity contribution in [1.29, 1.82) is 0 Å². The minimum atomic E-state index is -4.58. The van der Waals surface area contributed by atoms with Crippen LogP contribution in [0.25, 0.3) is 11.3 Å². The maximum atomic E-state index is 13.0. The van der Waals surface area contributed by atoms with Crippen molar-refractivity contribution in [3.8, 4) is 11.3 Å². The molecular formula is C13H11F3N2O. The molecule has 1 aromatic carbocycles. The van der Waals surface area contributed by atoms with E-state index in [0.717, 1.165) is 0 Å². The number of hydrogen-bond donors (Lipinski definition) is 1. The van der Waals surface area contributed by atoms with E-state index in [1.54, 1.807) is 30.3 Å². The fourth-order valence-electron chi connectivity index (χ4n) is 1.87. The number of halogens is 3. The summed E-state index contributed by atoms with van der Waals surface area (Å²) in [6.07, 6.45) is -3.39. The summed E-state index contributed by atoms with van der Waals surface area (Å²) in [5.41, 5.74) is 5.20. The molecule has 1 aliphatic carbocycles. The predicted octanol–water partition coefficient (Wildman–Crippen LogP) is 3.31. The zero-order valence-corrected chi connectivity index (χ0v) is 9.87. The highest BCUT2D eigenvalue weighted by atomic mass is 19.4. The van der Waals surface area contributed by atoms with E-state index in [4.69, 9.17) is 10.2 Å². The summed E-state index contributed by atoms with van der Waals surface area (Å²) in [5, 5.41) is 0. The van der Waals surface area contributed by atoms with Crippen LogP contribution in [0.3, 0.4) is 0 Å². The molecule has 3 rings (SSSR count). The highest BCUT2D eigenvalue weighted by Gasteiger charge is 2.48. The normalized spacial score (nSPS) is 17.5. The first-order valence-electron chi connectivity index (χ1n) is 5.83. The largest absolute Gasteiger partial charge is 0.451 e. The Balaban J connectivity index is 2.14. The van der Waals surface area contributed by atoms with Gasteiger partial charge in [-0.25, -0.2) is 4.98 Å². The van der Waals surface area contributed by atoms with E-state index in [0.29, 0.717) is 18.4 Å². The molecule has 1 heterocycles. The Bertz CT molecular complexity index is 600. The molecule has 0 saturated heterocycles. The standard InChI is InChI=1S/C13H11F3N2O/c14-13(15,16)10-9(8-4-2-1-3-5-8)18-11(19-10)12(17)6-7-12/h1-5H,6-7,17H2. The SMILES string of the molecule is NC1(c2nc(-c3ccccc3)c(C(F)(F)F)o2)CC1. The summed E-state index contributed by atoms with van der Waals surface area (Å²) in [7, 11) is 0. The fourth-order valence-corrected chi connectivity index (χ4v) is 1.87. The number of benzene rings is 1. The molecule has 0 aliphatic heterocycles. The lowest BCUT2D eigenvalue weighted by Gasteiger charge is -2.04. The second-order valence-corrected chi connectivity index (χ2v) is 4.72. The van der Waals surface area contributed by atoms with Crippen molar-refractivity contribution in [2.75, 3.05) is 0 Å². The first kappa shape index (κ1) is 12.2. The maximum absolute atomic E-state index is 13.0. The molecule has 2 aromatic rings. The zero-order valence-electron chi connectivity index (χ0n) is 9.87. The summed E-state index contributed by atoms with van der Waals surface area (Å²) in [4.78, 5) is 3.97. The highest BCUT2D eigenvalue weighted by Crippen LogP contribution is 2.46. The van der Waals surface area contributed by atoms with Gasteiger partial charge in [-0.1, -0.05) is 30.3 Å². The second kappa shape index (κ2) is 3.84. The summed E-state index contributed by atoms with van der Waals surface area (Å²) in [6.45, 7) is 0. The molecular weight excluding hydrogens is 257 g/mol. The van der Waals surface area contributed by atoms with Crippen LogP contribution in [-0.2, 0) is 11.7 Å². The summed E-state index contributed by atoms with van der Waals surface area (Å²) in [5.74, 6) is -1.11. The van der Waals surface area contributed by atoms with Crippen LogP contribution in [-0.4, -0.2) is 4.98 Å². The number of nitrogens with two attached hydrogens (primary N) is 1. The van der Waals surface area contributed by atoms with Crippen molar-refractivity contribution in [2.24, 2.45) is 5.73 Å². The Morgan fingerprint density at radius 2 is 1.79 bits per heavy atom. The number of alkyl halides is 3. The lowest BCUT2D eigenvalue weighted by Crippen LogP contribution is -2.19. The second-order valence-electron chi connectivity index (χ2n) is 4.72. The molecule has 100 valence electrons. The Kier molecular flexibility index (Phi) is 2.47. The number of nitrogens with zero attached hydrogens (tertiary/aromatic N) is 1. The van der Waals surface area contributed by atoms with E-state index in [-0.39, 0.29) is 11.6 Å². The van der Waals surface area contributed by atoms with Crippen LogP contribution < -0.4 is 5.73 Å². The minimum absolute atomic E-state index is 0.0290. The molecule has 3 nitrogen and oxygen atoms in total. The quantitative estimate of drug-likeness (QED) is 0.909. The molecule has 1 fully saturated rings. The third kappa shape index (κ3) is 2.12. The van der Waals surface area contributed by atoms with E-state index in [2.05, 4.69) is 4.98 Å². The van der Waals surface area contributed by atoms with E-state index >= 15 is 0 Å². The number of rotatable bonds is 2. The smallest absolute Gasteiger partial charge is 0.433 e. The van der Waals surface area contributed by atoms with Gasteiger partial charge < -0.3 is 10.2 Å². The van der Waals surface area contributed by atoms with Gasteiger partial charge in [0.15, 0.2) is 0 Å². The van der Waals surface area contributed by atoms with Gasteiger partial charge in [-0.3, -0.25) is 0 Å². The Morgan fingerprint density at radius 1 is 1.16 bits per heavy atom. The van der Waals surface area contributed by atoms with Gasteiger partial charge in [0.25, 0.3) is 0 Å². The first-order chi connectivity index (χ1) is 8.90. The van der Waals surface area contributed by atoms with Crippen molar-refractivity contribution in [2.45, 2.75) is 24.6 Å². The molecule has 0 amide bonds. The number of aromatic nitrogens is 1. The van der Waals surface area contributed by atoms with Crippen LogP contribution >= 0.6 is 0 Å². The van der Waals surface area contributed by atoms with Crippen molar-refractivity contribution >= 4 is 0 Å². The van der Waals surface area contributed by atoms with Gasteiger partial charge >= 0.3 is 6.18 Å². The molecule has 0 spiro atoms. The van der Waals surface area contributed by atoms with Crippen LogP contribution in [0, 0.1) is 0 Å². The van der Waals surface area contributed by atoms with E-state index in [1.165, 1.54) is 0 Å². The van der Waals surface area contributed by atoms with Gasteiger partial charge in [-0.2, -0.15) is 13.2 Å². The summed E-state index contributed by atoms with van der Waals surface area (Å²) >= 11 is 0. The van der Waals surface area contributed by atoms with Gasteiger partial charge in [0, 0.05) is 5.56 Å². The van der Waals surface area contributed by atoms with Gasteiger partial charge in [0.1, 0.15) is 5.69 Å². The maximum Gasteiger partial charge on any atom is 0.451 e. The van der Waals surface area contributed by atoms with Crippen molar-refractivity contribution in [3.63, 3.8) is 0 Å². The molecule has 0 atom stereocenters. The molecule has 1 aromatic heterocycles. The topological polar surface area (TPSA) is 52.0 Å². The van der Waals surface area contributed by atoms with Crippen LogP contribution in [0.2, 0.25) is 0 Å². The van der Waals surface area contributed by atoms with Gasteiger partial charge in [-0.05, 0) is 12.8 Å². The van der Waals surface area contributed by atoms with Gasteiger partial charge in [-0.15, -0.1) is 0 Å². The zero-order chi connectivity index (χ0) is 13.7. The molecule has 0 unspecified atom stereocenters. The van der Waals surface area contributed by atoms with Crippen LogP contribution in [0.5, 0.6) is 0 Å². The molecule has 1 saturated carbocycles. The molecule has 2 N–H and O–H groups in total. The lowest BCUT2D eigenvalue weighted by molar-refractivity contribution is -0.153. The molecule has 0 bridgehead atoms. The average molecular weight is 268 g/mol. The van der Waals surface area contributed by atoms with Gasteiger partial charge in [0.05, 0.1) is 5.54 Å². The molecule has 19 heavy (non-hydrogen) atoms. The Labute approximate surface area is 107 Å². The summed E-state index contributed by atoms with van der Waals surface area (Å²) in [6, 6.07) is 8.15. The Morgan fingerprint density at radius 3 is 2.32 bits per heavy atom. The van der Waals surface area contributed by atoms with Crippen LogP contribution in [0.1, 0.15) is 24.5 Å². The van der Waals surface area contributed by atoms with E-state index < -0.39 is 17.5 Å². The average Bonchev–Trinajstić information content (AvgIpc) is 2.95. The van der Waals surface area contributed by atoms with Crippen molar-refractivity contribution < 1.29 is 17.6 Å². The third-order valence-electron chi connectivity index (χ3n) is 3.15. The van der Waals surface area contributed by atoms with Crippen LogP contribution in [0.15, 0.2) is 34.7 Å². The Hall–Kier alpha value is -1.82. The van der Waals surface area contributed by atoms with Crippen molar-refractivity contribution in [3.05, 3.63) is 42.0 Å². The van der Waals surface area contributed by atoms with Gasteiger partial charge in [0.2, 0.25) is 11.7 Å². The lowest BCUT2D eigenvalue weighted by atomic mass is 10.1. The fraction of sp³-hybridized carbons (Fsp3) is 0.308. The van der Waals surface area contributed by atoms with E-state index in [1.807, 2.05) is 0 Å². The molecule has 0 radical (unpaired) electrons. The van der Waals surface area contributed by atoms with Crippen molar-refractivity contribution in [1.82, 2.24) is 4.98 Å². The third-order valence-corrected chi connectivity index (χ3v) is 3.15. The number of oxazole rings is 1. The molecule has 1 aliphatic rings. The first-order valence-corrected chi connectivity index (χ1v) is 5.83. The minimum Gasteiger partial charge on any atom is -0.433 e. The summed E-state index contributed by atoms with van der Waals surface area (Å²) < 4.78 is 43.8. The predicted molar refractivity (Wildman–Crippen MR) is 62.0 cm³/mol. The van der Waals surface area contributed by atoms with E-state index in [9.17, 15) is 13.2 Å². The monoisotopic (exact) mass is 268 g/mol. The number of hydrogen-bond acceptors (Lipinski definition) is 3. The molecule has 6 heteroatoms. The van der Waals surface area contributed by atoms with Crippen LogP contribution in [0.4, 0.5) is 13.2 Å².